The van der Waals surface area contributed by atoms with Gasteiger partial charge in [-0.3, -0.25) is 4.79 Å². The Hall–Kier alpha value is -1.26. The van der Waals surface area contributed by atoms with Crippen molar-refractivity contribution < 1.29 is 14.7 Å². The molecule has 1 atom stereocenters. The zero-order valence-corrected chi connectivity index (χ0v) is 12.1. The summed E-state index contributed by atoms with van der Waals surface area (Å²) < 4.78 is 0. The molecule has 0 bridgehead atoms. The van der Waals surface area contributed by atoms with E-state index in [4.69, 9.17) is 0 Å². The topological polar surface area (TPSA) is 60.9 Å². The Morgan fingerprint density at radius 1 is 1.05 bits per heavy atom. The molecule has 2 aliphatic rings. The number of aliphatic carboxylic acids is 1. The number of piperidine rings is 1. The van der Waals surface area contributed by atoms with Gasteiger partial charge in [-0.25, -0.2) is 4.79 Å². The fourth-order valence-electron chi connectivity index (χ4n) is 3.21. The van der Waals surface area contributed by atoms with E-state index in [1.54, 1.807) is 11.8 Å². The number of urea groups is 1. The third kappa shape index (κ3) is 2.55. The van der Waals surface area contributed by atoms with E-state index in [9.17, 15) is 14.7 Å². The summed E-state index contributed by atoms with van der Waals surface area (Å²) in [5, 5.41) is 9.31. The highest BCUT2D eigenvalue weighted by atomic mass is 16.4. The zero-order chi connectivity index (χ0) is 14.3. The minimum atomic E-state index is -0.800. The van der Waals surface area contributed by atoms with Gasteiger partial charge in [-0.1, -0.05) is 0 Å². The van der Waals surface area contributed by atoms with Crippen molar-refractivity contribution in [1.82, 2.24) is 9.80 Å². The van der Waals surface area contributed by atoms with Crippen LogP contribution in [0.3, 0.4) is 0 Å². The number of carboxylic acids is 1. The second-order valence-electron chi connectivity index (χ2n) is 6.74. The third-order valence-electron chi connectivity index (χ3n) is 4.62. The van der Waals surface area contributed by atoms with Crippen LogP contribution in [0.2, 0.25) is 0 Å². The van der Waals surface area contributed by atoms with Gasteiger partial charge in [0.25, 0.3) is 0 Å². The van der Waals surface area contributed by atoms with Crippen LogP contribution in [0.1, 0.15) is 46.5 Å². The maximum Gasteiger partial charge on any atom is 0.320 e. The summed E-state index contributed by atoms with van der Waals surface area (Å²) in [5.74, 6) is -0.800. The summed E-state index contributed by atoms with van der Waals surface area (Å²) in [5.41, 5.74) is -0.897. The van der Waals surface area contributed by atoms with Gasteiger partial charge < -0.3 is 14.9 Å². The molecule has 1 N–H and O–H groups in total. The number of likely N-dealkylation sites (tertiary alicyclic amines) is 2. The van der Waals surface area contributed by atoms with Gasteiger partial charge in [0.2, 0.25) is 0 Å². The van der Waals surface area contributed by atoms with Crippen molar-refractivity contribution in [3.63, 3.8) is 0 Å². The highest BCUT2D eigenvalue weighted by Gasteiger charge is 2.43. The number of nitrogens with zero attached hydrogens (tertiary/aromatic N) is 2. The molecule has 5 nitrogen and oxygen atoms in total. The van der Waals surface area contributed by atoms with Crippen molar-refractivity contribution in [3.8, 4) is 0 Å². The highest BCUT2D eigenvalue weighted by molar-refractivity contribution is 5.79. The average molecular weight is 268 g/mol. The molecule has 19 heavy (non-hydrogen) atoms. The van der Waals surface area contributed by atoms with E-state index in [2.05, 4.69) is 13.8 Å². The molecule has 108 valence electrons. The van der Waals surface area contributed by atoms with Crippen LogP contribution in [-0.2, 0) is 4.79 Å². The van der Waals surface area contributed by atoms with Crippen molar-refractivity contribution >= 4 is 12.0 Å². The summed E-state index contributed by atoms with van der Waals surface area (Å²) in [4.78, 5) is 27.6. The number of carbonyl (C=O) groups is 2. The van der Waals surface area contributed by atoms with E-state index in [-0.39, 0.29) is 11.6 Å². The molecule has 2 saturated heterocycles. The summed E-state index contributed by atoms with van der Waals surface area (Å²) in [7, 11) is 0. The van der Waals surface area contributed by atoms with Gasteiger partial charge in [0, 0.05) is 25.2 Å². The van der Waals surface area contributed by atoms with Gasteiger partial charge in [-0.15, -0.1) is 0 Å². The van der Waals surface area contributed by atoms with Crippen LogP contribution < -0.4 is 0 Å². The lowest BCUT2D eigenvalue weighted by atomic mass is 9.82. The molecular weight excluding hydrogens is 244 g/mol. The Kier molecular flexibility index (Phi) is 3.49. The van der Waals surface area contributed by atoms with E-state index in [1.165, 1.54) is 0 Å². The van der Waals surface area contributed by atoms with Crippen LogP contribution in [0.25, 0.3) is 0 Å². The summed E-state index contributed by atoms with van der Waals surface area (Å²) >= 11 is 0. The van der Waals surface area contributed by atoms with Crippen molar-refractivity contribution in [3.05, 3.63) is 0 Å². The Bertz CT molecular complexity index is 394. The van der Waals surface area contributed by atoms with Crippen LogP contribution >= 0.6 is 0 Å². The molecule has 0 aromatic carbocycles. The van der Waals surface area contributed by atoms with Crippen molar-refractivity contribution in [1.29, 1.82) is 0 Å². The SMILES string of the molecule is CC1(C(=O)O)CCCN(C(=O)N2CCCC2(C)C)C1. The van der Waals surface area contributed by atoms with E-state index in [1.807, 2.05) is 4.90 Å². The molecule has 2 amide bonds. The molecule has 0 spiro atoms. The molecule has 5 heteroatoms. The predicted octanol–water partition coefficient (Wildman–Crippen LogP) is 2.17. The van der Waals surface area contributed by atoms with Crippen molar-refractivity contribution in [2.75, 3.05) is 19.6 Å². The number of amides is 2. The fourth-order valence-corrected chi connectivity index (χ4v) is 3.21. The average Bonchev–Trinajstić information content (AvgIpc) is 2.68. The molecular formula is C14H24N2O3. The maximum atomic E-state index is 12.6. The van der Waals surface area contributed by atoms with E-state index in [0.29, 0.717) is 19.5 Å². The van der Waals surface area contributed by atoms with Crippen molar-refractivity contribution in [2.24, 2.45) is 5.41 Å². The molecule has 0 radical (unpaired) electrons. The lowest BCUT2D eigenvalue weighted by Crippen LogP contribution is -2.55. The molecule has 2 fully saturated rings. The molecule has 1 unspecified atom stereocenters. The zero-order valence-electron chi connectivity index (χ0n) is 12.1. The normalized spacial score (nSPS) is 30.5. The number of carbonyl (C=O) groups excluding carboxylic acids is 1. The fraction of sp³-hybridized carbons (Fsp3) is 0.857. The van der Waals surface area contributed by atoms with Crippen LogP contribution in [-0.4, -0.2) is 52.1 Å². The maximum absolute atomic E-state index is 12.6. The van der Waals surface area contributed by atoms with Crippen molar-refractivity contribution in [2.45, 2.75) is 52.0 Å². The standard InChI is InChI=1S/C14H24N2O3/c1-13(2)6-4-9-16(13)12(19)15-8-5-7-14(3,10-15)11(17)18/h4-10H2,1-3H3,(H,17,18). The lowest BCUT2D eigenvalue weighted by Gasteiger charge is -2.42. The Morgan fingerprint density at radius 3 is 2.21 bits per heavy atom. The van der Waals surface area contributed by atoms with Gasteiger partial charge in [-0.05, 0) is 46.5 Å². The van der Waals surface area contributed by atoms with Gasteiger partial charge in [0.1, 0.15) is 0 Å². The van der Waals surface area contributed by atoms with Crippen LogP contribution in [0.15, 0.2) is 0 Å². The minimum absolute atomic E-state index is 0.00896. The van der Waals surface area contributed by atoms with E-state index in [0.717, 1.165) is 25.8 Å². The molecule has 0 aliphatic carbocycles. The first-order valence-electron chi connectivity index (χ1n) is 7.06. The first-order chi connectivity index (χ1) is 8.76. The summed E-state index contributed by atoms with van der Waals surface area (Å²) in [6.07, 6.45) is 3.46. The van der Waals surface area contributed by atoms with Crippen LogP contribution in [0, 0.1) is 5.41 Å². The monoisotopic (exact) mass is 268 g/mol. The molecule has 2 rings (SSSR count). The van der Waals surface area contributed by atoms with Gasteiger partial charge in [0.05, 0.1) is 5.41 Å². The smallest absolute Gasteiger partial charge is 0.320 e. The third-order valence-corrected chi connectivity index (χ3v) is 4.62. The minimum Gasteiger partial charge on any atom is -0.481 e. The van der Waals surface area contributed by atoms with Gasteiger partial charge >= 0.3 is 12.0 Å². The number of hydrogen-bond acceptors (Lipinski definition) is 2. The summed E-state index contributed by atoms with van der Waals surface area (Å²) in [6, 6.07) is 0.00896. The summed E-state index contributed by atoms with van der Waals surface area (Å²) in [6.45, 7) is 7.69. The Labute approximate surface area is 114 Å². The molecule has 0 aromatic heterocycles. The van der Waals surface area contributed by atoms with Gasteiger partial charge in [-0.2, -0.15) is 0 Å². The molecule has 2 heterocycles. The Morgan fingerprint density at radius 2 is 1.68 bits per heavy atom. The second kappa shape index (κ2) is 4.69. The first-order valence-corrected chi connectivity index (χ1v) is 7.06. The predicted molar refractivity (Wildman–Crippen MR) is 72.0 cm³/mol. The van der Waals surface area contributed by atoms with Gasteiger partial charge in [0.15, 0.2) is 0 Å². The number of rotatable bonds is 1. The molecule has 2 aliphatic heterocycles. The highest BCUT2D eigenvalue weighted by Crippen LogP contribution is 2.33. The lowest BCUT2D eigenvalue weighted by molar-refractivity contribution is -0.150. The number of hydrogen-bond donors (Lipinski definition) is 1. The van der Waals surface area contributed by atoms with E-state index >= 15 is 0 Å². The largest absolute Gasteiger partial charge is 0.481 e. The quantitative estimate of drug-likeness (QED) is 0.792. The molecule has 0 aromatic rings. The molecule has 0 saturated carbocycles. The van der Waals surface area contributed by atoms with E-state index < -0.39 is 11.4 Å². The van der Waals surface area contributed by atoms with Crippen LogP contribution in [0.5, 0.6) is 0 Å². The first kappa shape index (κ1) is 14.2. The Balaban J connectivity index is 2.10. The second-order valence-corrected chi connectivity index (χ2v) is 6.74. The number of carboxylic acid groups (broad SMARTS) is 1. The van der Waals surface area contributed by atoms with Crippen LogP contribution in [0.4, 0.5) is 4.79 Å².